The van der Waals surface area contributed by atoms with Crippen molar-refractivity contribution in [2.24, 2.45) is 7.05 Å². The van der Waals surface area contributed by atoms with Crippen LogP contribution in [0.1, 0.15) is 46.5 Å². The third-order valence-corrected chi connectivity index (χ3v) is 7.55. The molecular formula is C31H30N6O. The van der Waals surface area contributed by atoms with Crippen molar-refractivity contribution in [1.29, 1.82) is 10.5 Å². The van der Waals surface area contributed by atoms with Gasteiger partial charge in [-0.05, 0) is 44.0 Å². The molecule has 1 aliphatic heterocycles. The van der Waals surface area contributed by atoms with Crippen molar-refractivity contribution in [1.82, 2.24) is 14.5 Å². The highest BCUT2D eigenvalue weighted by Crippen LogP contribution is 2.35. The fourth-order valence-electron chi connectivity index (χ4n) is 5.50. The molecule has 0 unspecified atom stereocenters. The summed E-state index contributed by atoms with van der Waals surface area (Å²) >= 11 is 0. The molecule has 0 bridgehead atoms. The van der Waals surface area contributed by atoms with E-state index in [0.717, 1.165) is 6.54 Å². The molecule has 1 saturated heterocycles. The Hall–Kier alpha value is -4.46. The average molecular weight is 503 g/mol. The minimum Gasteiger partial charge on any atom is -0.366 e. The van der Waals surface area contributed by atoms with Crippen LogP contribution in [0.15, 0.2) is 65.5 Å². The Morgan fingerprint density at radius 1 is 0.895 bits per heavy atom. The predicted octanol–water partition coefficient (Wildman–Crippen LogP) is 4.59. The second-order valence-electron chi connectivity index (χ2n) is 10.1. The van der Waals surface area contributed by atoms with E-state index in [0.29, 0.717) is 29.8 Å². The molecule has 1 fully saturated rings. The van der Waals surface area contributed by atoms with E-state index >= 15 is 0 Å². The normalized spacial score (nSPS) is 16.0. The van der Waals surface area contributed by atoms with Gasteiger partial charge >= 0.3 is 0 Å². The first kappa shape index (κ1) is 25.2. The number of hydrogen-bond donors (Lipinski definition) is 0. The topological polar surface area (TPSA) is 89.0 Å². The maximum Gasteiger partial charge on any atom is 0.270 e. The summed E-state index contributed by atoms with van der Waals surface area (Å²) in [6.07, 6.45) is 0. The first-order valence-corrected chi connectivity index (χ1v) is 12.8. The lowest BCUT2D eigenvalue weighted by Crippen LogP contribution is -2.53. The number of hydrogen-bond acceptors (Lipinski definition) is 6. The summed E-state index contributed by atoms with van der Waals surface area (Å²) in [6.45, 7) is 8.34. The lowest BCUT2D eigenvalue weighted by atomic mass is 9.93. The molecule has 0 saturated carbocycles. The molecule has 0 aliphatic carbocycles. The zero-order valence-electron chi connectivity index (χ0n) is 22.1. The Kier molecular flexibility index (Phi) is 6.72. The van der Waals surface area contributed by atoms with Gasteiger partial charge in [0.25, 0.3) is 5.56 Å². The van der Waals surface area contributed by atoms with Gasteiger partial charge in [-0.2, -0.15) is 10.5 Å². The van der Waals surface area contributed by atoms with Gasteiger partial charge in [-0.15, -0.1) is 0 Å². The van der Waals surface area contributed by atoms with E-state index < -0.39 is 0 Å². The Morgan fingerprint density at radius 3 is 2.03 bits per heavy atom. The van der Waals surface area contributed by atoms with Crippen molar-refractivity contribution < 1.29 is 0 Å². The Morgan fingerprint density at radius 2 is 1.50 bits per heavy atom. The number of fused-ring (bicyclic) bond motifs is 1. The van der Waals surface area contributed by atoms with Crippen LogP contribution in [0.4, 0.5) is 5.69 Å². The number of aromatic nitrogens is 2. The van der Waals surface area contributed by atoms with E-state index in [4.69, 9.17) is 0 Å². The number of nitrogens with zero attached hydrogens (tertiary/aromatic N) is 6. The van der Waals surface area contributed by atoms with Crippen LogP contribution in [-0.2, 0) is 7.05 Å². The van der Waals surface area contributed by atoms with E-state index in [1.54, 1.807) is 19.2 Å². The monoisotopic (exact) mass is 502 g/mol. The first-order valence-electron chi connectivity index (χ1n) is 12.8. The smallest absolute Gasteiger partial charge is 0.270 e. The molecule has 3 heterocycles. The molecule has 7 heteroatoms. The Bertz CT molecular complexity index is 1600. The molecule has 0 spiro atoms. The molecule has 38 heavy (non-hydrogen) atoms. The highest BCUT2D eigenvalue weighted by molar-refractivity contribution is 5.92. The van der Waals surface area contributed by atoms with Crippen molar-refractivity contribution in [3.63, 3.8) is 0 Å². The SMILES string of the molecule is Cc1ccc(C(c2ccc(C)cc2)N2CCN(c3c(C#N)c(=O)n(C)c4ccc(C#N)nc34)C[C@H]2C)cc1. The van der Waals surface area contributed by atoms with Gasteiger partial charge < -0.3 is 9.47 Å². The molecule has 0 amide bonds. The van der Waals surface area contributed by atoms with Gasteiger partial charge in [-0.3, -0.25) is 9.69 Å². The van der Waals surface area contributed by atoms with E-state index in [1.165, 1.54) is 26.8 Å². The molecule has 2 aromatic heterocycles. The molecule has 7 nitrogen and oxygen atoms in total. The number of aryl methyl sites for hydroxylation is 3. The number of anilines is 1. The Balaban J connectivity index is 1.56. The van der Waals surface area contributed by atoms with Gasteiger partial charge in [0.05, 0.1) is 17.2 Å². The summed E-state index contributed by atoms with van der Waals surface area (Å²) in [5.74, 6) is 0. The van der Waals surface area contributed by atoms with Gasteiger partial charge in [0.2, 0.25) is 0 Å². The fourth-order valence-corrected chi connectivity index (χ4v) is 5.50. The van der Waals surface area contributed by atoms with Crippen molar-refractivity contribution in [3.8, 4) is 12.1 Å². The summed E-state index contributed by atoms with van der Waals surface area (Å²) in [5.41, 5.74) is 6.52. The van der Waals surface area contributed by atoms with E-state index in [2.05, 4.69) is 96.2 Å². The van der Waals surface area contributed by atoms with Crippen LogP contribution in [0.2, 0.25) is 0 Å². The summed E-state index contributed by atoms with van der Waals surface area (Å²) in [7, 11) is 1.64. The second-order valence-corrected chi connectivity index (χ2v) is 10.1. The molecule has 190 valence electrons. The van der Waals surface area contributed by atoms with Crippen LogP contribution >= 0.6 is 0 Å². The number of piperazine rings is 1. The van der Waals surface area contributed by atoms with Crippen molar-refractivity contribution in [3.05, 3.63) is 105 Å². The summed E-state index contributed by atoms with van der Waals surface area (Å²) < 4.78 is 1.44. The molecule has 1 atom stereocenters. The first-order chi connectivity index (χ1) is 18.3. The highest BCUT2D eigenvalue weighted by Gasteiger charge is 2.33. The van der Waals surface area contributed by atoms with Crippen LogP contribution in [0.25, 0.3) is 11.0 Å². The van der Waals surface area contributed by atoms with Crippen LogP contribution in [0.5, 0.6) is 0 Å². The summed E-state index contributed by atoms with van der Waals surface area (Å²) in [4.78, 5) is 22.3. The largest absolute Gasteiger partial charge is 0.366 e. The number of nitriles is 2. The minimum atomic E-state index is -0.353. The fraction of sp³-hybridized carbons (Fsp3) is 0.290. The van der Waals surface area contributed by atoms with E-state index in [9.17, 15) is 15.3 Å². The molecule has 1 aliphatic rings. The molecule has 0 radical (unpaired) electrons. The highest BCUT2D eigenvalue weighted by atomic mass is 16.1. The van der Waals surface area contributed by atoms with Crippen LogP contribution in [0, 0.1) is 36.5 Å². The molecule has 4 aromatic rings. The zero-order valence-corrected chi connectivity index (χ0v) is 22.1. The van der Waals surface area contributed by atoms with Crippen molar-refractivity contribution in [2.75, 3.05) is 24.5 Å². The summed E-state index contributed by atoms with van der Waals surface area (Å²) in [6, 6.07) is 25.2. The van der Waals surface area contributed by atoms with E-state index in [1.807, 2.05) is 0 Å². The van der Waals surface area contributed by atoms with Gasteiger partial charge in [0.15, 0.2) is 0 Å². The van der Waals surface area contributed by atoms with E-state index in [-0.39, 0.29) is 28.9 Å². The van der Waals surface area contributed by atoms with Gasteiger partial charge in [-0.25, -0.2) is 4.98 Å². The van der Waals surface area contributed by atoms with Gasteiger partial charge in [-0.1, -0.05) is 59.7 Å². The average Bonchev–Trinajstić information content (AvgIpc) is 2.93. The number of rotatable bonds is 4. The van der Waals surface area contributed by atoms with Crippen molar-refractivity contribution in [2.45, 2.75) is 32.9 Å². The maximum absolute atomic E-state index is 13.1. The third-order valence-electron chi connectivity index (χ3n) is 7.55. The summed E-state index contributed by atoms with van der Waals surface area (Å²) in [5, 5.41) is 19.5. The maximum atomic E-state index is 13.1. The van der Waals surface area contributed by atoms with Gasteiger partial charge in [0, 0.05) is 32.7 Å². The quantitative estimate of drug-likeness (QED) is 0.405. The molecule has 0 N–H and O–H groups in total. The van der Waals surface area contributed by atoms with Crippen LogP contribution in [-0.4, -0.2) is 40.1 Å². The van der Waals surface area contributed by atoms with Gasteiger partial charge in [0.1, 0.15) is 28.9 Å². The van der Waals surface area contributed by atoms with Crippen LogP contribution in [0.3, 0.4) is 0 Å². The molecular weight excluding hydrogens is 472 g/mol. The predicted molar refractivity (Wildman–Crippen MR) is 149 cm³/mol. The Labute approximate surface area is 222 Å². The standard InChI is InChI=1S/C31H30N6O/c1-20-5-9-23(10-6-20)29(24-11-7-21(2)8-12-24)37-16-15-36(19-22(37)3)30-26(18-33)31(38)35(4)27-14-13-25(17-32)34-28(27)30/h5-14,22,29H,15-16,19H2,1-4H3/t22-/m1/s1. The third kappa shape index (κ3) is 4.42. The number of benzene rings is 2. The molecule has 2 aromatic carbocycles. The molecule has 5 rings (SSSR count). The second kappa shape index (κ2) is 10.1. The zero-order chi connectivity index (χ0) is 27.0. The lowest BCUT2D eigenvalue weighted by molar-refractivity contribution is 0.150. The minimum absolute atomic E-state index is 0.0665. The lowest BCUT2D eigenvalue weighted by Gasteiger charge is -2.45. The number of pyridine rings is 2. The van der Waals surface area contributed by atoms with Crippen LogP contribution < -0.4 is 10.5 Å². The van der Waals surface area contributed by atoms with Crippen molar-refractivity contribution >= 4 is 16.7 Å².